The molecule has 1 N–H and O–H groups in total. The van der Waals surface area contributed by atoms with E-state index < -0.39 is 41.8 Å². The van der Waals surface area contributed by atoms with Crippen molar-refractivity contribution in [3.05, 3.63) is 83.2 Å². The van der Waals surface area contributed by atoms with Crippen LogP contribution >= 0.6 is 0 Å². The van der Waals surface area contributed by atoms with Gasteiger partial charge >= 0.3 is 0 Å². The predicted octanol–water partition coefficient (Wildman–Crippen LogP) is 3.29. The number of likely N-dealkylation sites (tertiary alicyclic amines) is 1. The second-order valence-corrected chi connectivity index (χ2v) is 8.42. The monoisotopic (exact) mass is 477 g/mol. The number of hydrogen-bond donors (Lipinski definition) is 1. The molecule has 3 aromatic rings. The molecule has 1 aromatic carbocycles. The van der Waals surface area contributed by atoms with E-state index in [9.17, 15) is 27.6 Å². The Morgan fingerprint density at radius 3 is 2.62 bits per heavy atom. The molecular weight excluding hydrogens is 454 g/mol. The van der Waals surface area contributed by atoms with Crippen LogP contribution in [0.25, 0.3) is 0 Å². The van der Waals surface area contributed by atoms with E-state index in [-0.39, 0.29) is 25.5 Å². The van der Waals surface area contributed by atoms with E-state index in [4.69, 9.17) is 0 Å². The molecule has 4 rings (SSSR count). The molecule has 1 aliphatic rings. The van der Waals surface area contributed by atoms with E-state index in [0.717, 1.165) is 6.07 Å². The summed E-state index contributed by atoms with van der Waals surface area (Å²) in [5, 5.41) is 13.9. The molecule has 0 saturated carbocycles. The zero-order valence-corrected chi connectivity index (χ0v) is 18.3. The van der Waals surface area contributed by atoms with Gasteiger partial charge in [0, 0.05) is 50.5 Å². The van der Waals surface area contributed by atoms with Crippen LogP contribution in [-0.2, 0) is 11.3 Å². The first kappa shape index (κ1) is 23.7. The van der Waals surface area contributed by atoms with Gasteiger partial charge < -0.3 is 15.1 Å². The van der Waals surface area contributed by atoms with Crippen molar-refractivity contribution in [3.63, 3.8) is 0 Å². The summed E-state index contributed by atoms with van der Waals surface area (Å²) in [7, 11) is 0. The number of benzene rings is 1. The minimum Gasteiger partial charge on any atom is -0.619 e. The van der Waals surface area contributed by atoms with Crippen molar-refractivity contribution in [1.29, 1.82) is 0 Å². The molecule has 11 heteroatoms. The average Bonchev–Trinajstić information content (AvgIpc) is 3.19. The highest BCUT2D eigenvalue weighted by atomic mass is 19.3. The van der Waals surface area contributed by atoms with Crippen molar-refractivity contribution < 1.29 is 27.1 Å². The van der Waals surface area contributed by atoms with Gasteiger partial charge in [-0.1, -0.05) is 0 Å². The molecular formula is C23H23F4N5O2. The minimum absolute atomic E-state index is 0.0338. The maximum absolute atomic E-state index is 14.6. The quantitative estimate of drug-likeness (QED) is 0.336. The van der Waals surface area contributed by atoms with E-state index in [1.54, 1.807) is 16.4 Å². The molecule has 7 nitrogen and oxygen atoms in total. The Hall–Kier alpha value is -3.47. The molecule has 2 aromatic heterocycles. The highest BCUT2D eigenvalue weighted by Gasteiger charge is 2.46. The average molecular weight is 477 g/mol. The number of imidazole rings is 1. The number of carbonyl (C=O) groups is 1. The maximum Gasteiger partial charge on any atom is 0.257 e. The smallest absolute Gasteiger partial charge is 0.257 e. The van der Waals surface area contributed by atoms with Gasteiger partial charge in [-0.25, -0.2) is 22.5 Å². The number of anilines is 1. The summed E-state index contributed by atoms with van der Waals surface area (Å²) in [6.07, 6.45) is 4.87. The van der Waals surface area contributed by atoms with Gasteiger partial charge in [0.05, 0.1) is 18.3 Å². The highest BCUT2D eigenvalue weighted by molar-refractivity contribution is 5.93. The number of halogens is 4. The fraction of sp³-hybridized carbons (Fsp3) is 0.348. The molecule has 2 atom stereocenters. The summed E-state index contributed by atoms with van der Waals surface area (Å²) in [6.45, 7) is 1.76. The number of amides is 1. The maximum atomic E-state index is 14.6. The molecule has 0 spiro atoms. The van der Waals surface area contributed by atoms with Crippen molar-refractivity contribution >= 4 is 11.7 Å². The van der Waals surface area contributed by atoms with Gasteiger partial charge in [0.25, 0.3) is 5.92 Å². The SMILES string of the molecule is C[C@@H](C(=O)Nc1cn(Cc2cc(F)cc(F)c2)cn1)N1CCC(F)(F)[C@@H](c2cc[n+]([O-])cc2)C1. The van der Waals surface area contributed by atoms with Crippen LogP contribution in [0.15, 0.2) is 55.2 Å². The summed E-state index contributed by atoms with van der Waals surface area (Å²) < 4.78 is 58.1. The predicted molar refractivity (Wildman–Crippen MR) is 115 cm³/mol. The molecule has 1 amide bonds. The number of piperidine rings is 1. The molecule has 0 bridgehead atoms. The molecule has 180 valence electrons. The Morgan fingerprint density at radius 2 is 1.94 bits per heavy atom. The highest BCUT2D eigenvalue weighted by Crippen LogP contribution is 2.40. The largest absolute Gasteiger partial charge is 0.619 e. The third-order valence-corrected chi connectivity index (χ3v) is 5.99. The lowest BCUT2D eigenvalue weighted by atomic mass is 9.87. The fourth-order valence-electron chi connectivity index (χ4n) is 4.10. The van der Waals surface area contributed by atoms with E-state index >= 15 is 0 Å². The van der Waals surface area contributed by atoms with Crippen LogP contribution < -0.4 is 10.0 Å². The second-order valence-electron chi connectivity index (χ2n) is 8.42. The second kappa shape index (κ2) is 9.41. The van der Waals surface area contributed by atoms with Crippen molar-refractivity contribution in [2.75, 3.05) is 18.4 Å². The van der Waals surface area contributed by atoms with Crippen molar-refractivity contribution in [3.8, 4) is 0 Å². The number of pyridine rings is 1. The molecule has 1 fully saturated rings. The van der Waals surface area contributed by atoms with Crippen molar-refractivity contribution in [2.45, 2.75) is 37.8 Å². The molecule has 0 aliphatic carbocycles. The number of alkyl halides is 2. The van der Waals surface area contributed by atoms with Crippen LogP contribution in [0.4, 0.5) is 23.4 Å². The Labute approximate surface area is 193 Å². The zero-order chi connectivity index (χ0) is 24.5. The van der Waals surface area contributed by atoms with Gasteiger partial charge in [-0.2, -0.15) is 4.73 Å². The number of carbonyl (C=O) groups excluding carboxylic acids is 1. The Balaban J connectivity index is 1.40. The topological polar surface area (TPSA) is 77.1 Å². The van der Waals surface area contributed by atoms with Crippen LogP contribution in [0.5, 0.6) is 0 Å². The van der Waals surface area contributed by atoms with E-state index in [1.165, 1.54) is 49.2 Å². The lowest BCUT2D eigenvalue weighted by Crippen LogP contribution is -2.52. The van der Waals surface area contributed by atoms with Gasteiger partial charge in [-0.05, 0) is 30.2 Å². The van der Waals surface area contributed by atoms with Crippen LogP contribution in [0.1, 0.15) is 30.4 Å². The Morgan fingerprint density at radius 1 is 1.26 bits per heavy atom. The van der Waals surface area contributed by atoms with Crippen molar-refractivity contribution in [2.24, 2.45) is 0 Å². The first-order chi connectivity index (χ1) is 16.1. The van der Waals surface area contributed by atoms with Gasteiger partial charge in [-0.3, -0.25) is 9.69 Å². The summed E-state index contributed by atoms with van der Waals surface area (Å²) in [4.78, 5) is 18.5. The fourth-order valence-corrected chi connectivity index (χ4v) is 4.10. The van der Waals surface area contributed by atoms with Crippen LogP contribution in [0, 0.1) is 16.8 Å². The third kappa shape index (κ3) is 5.36. The standard InChI is InChI=1S/C23H23F4N5O2/c1-15(31-7-4-23(26,27)20(12-31)17-2-5-32(34)6-3-17)22(33)29-21-13-30(14-28-21)11-16-8-18(24)10-19(25)9-16/h2-3,5-6,8-10,13-15,20H,4,7,11-12H2,1H3,(H,29,33)/t15-,20+/m0/s1. The van der Waals surface area contributed by atoms with E-state index in [0.29, 0.717) is 15.9 Å². The molecule has 1 saturated heterocycles. The molecule has 0 unspecified atom stereocenters. The number of nitrogens with zero attached hydrogens (tertiary/aromatic N) is 4. The molecule has 1 aliphatic heterocycles. The first-order valence-corrected chi connectivity index (χ1v) is 10.7. The third-order valence-electron chi connectivity index (χ3n) is 5.99. The lowest BCUT2D eigenvalue weighted by Gasteiger charge is -2.40. The van der Waals surface area contributed by atoms with Crippen LogP contribution in [0.3, 0.4) is 0 Å². The normalized spacial score (nSPS) is 19.0. The van der Waals surface area contributed by atoms with Crippen molar-refractivity contribution in [1.82, 2.24) is 14.5 Å². The lowest BCUT2D eigenvalue weighted by molar-refractivity contribution is -0.605. The minimum atomic E-state index is -2.96. The summed E-state index contributed by atoms with van der Waals surface area (Å²) in [5.74, 6) is -5.68. The molecule has 34 heavy (non-hydrogen) atoms. The number of hydrogen-bond acceptors (Lipinski definition) is 4. The van der Waals surface area contributed by atoms with Crippen LogP contribution in [-0.4, -0.2) is 45.4 Å². The number of rotatable bonds is 6. The van der Waals surface area contributed by atoms with Gasteiger partial charge in [0.15, 0.2) is 18.2 Å². The van der Waals surface area contributed by atoms with Gasteiger partial charge in [-0.15, -0.1) is 0 Å². The summed E-state index contributed by atoms with van der Waals surface area (Å²) >= 11 is 0. The number of nitrogens with one attached hydrogen (secondary N) is 1. The van der Waals surface area contributed by atoms with E-state index in [2.05, 4.69) is 10.3 Å². The molecule has 3 heterocycles. The summed E-state index contributed by atoms with van der Waals surface area (Å²) in [6, 6.07) is 5.22. The van der Waals surface area contributed by atoms with Crippen LogP contribution in [0.2, 0.25) is 0 Å². The molecule has 0 radical (unpaired) electrons. The van der Waals surface area contributed by atoms with Gasteiger partial charge in [0.1, 0.15) is 11.6 Å². The van der Waals surface area contributed by atoms with E-state index in [1.807, 2.05) is 0 Å². The van der Waals surface area contributed by atoms with Gasteiger partial charge in [0.2, 0.25) is 5.91 Å². The first-order valence-electron chi connectivity index (χ1n) is 10.7. The summed E-state index contributed by atoms with van der Waals surface area (Å²) in [5.41, 5.74) is 0.729. The Kier molecular flexibility index (Phi) is 6.56. The zero-order valence-electron chi connectivity index (χ0n) is 18.3. The Bertz CT molecular complexity index is 1150. The number of aromatic nitrogens is 3.